The third-order valence-corrected chi connectivity index (χ3v) is 4.60. The van der Waals surface area contributed by atoms with Gasteiger partial charge in [-0.3, -0.25) is 11.3 Å². The van der Waals surface area contributed by atoms with Gasteiger partial charge in [0.1, 0.15) is 0 Å². The van der Waals surface area contributed by atoms with Crippen molar-refractivity contribution < 1.29 is 0 Å². The molecule has 5 heteroatoms. The summed E-state index contributed by atoms with van der Waals surface area (Å²) in [7, 11) is 0. The molecule has 0 fully saturated rings. The first kappa shape index (κ1) is 15.1. The second kappa shape index (κ2) is 7.49. The first-order valence-corrected chi connectivity index (χ1v) is 7.45. The van der Waals surface area contributed by atoms with Gasteiger partial charge in [0.05, 0.1) is 16.1 Å². The molecule has 2 nitrogen and oxygen atoms in total. The first-order chi connectivity index (χ1) is 8.06. The van der Waals surface area contributed by atoms with Gasteiger partial charge in [-0.1, -0.05) is 49.2 Å². The number of hydrazine groups is 1. The van der Waals surface area contributed by atoms with Crippen LogP contribution in [0.15, 0.2) is 18.2 Å². The highest BCUT2D eigenvalue weighted by atomic mass is 35.5. The van der Waals surface area contributed by atoms with Crippen molar-refractivity contribution in [3.8, 4) is 0 Å². The molecule has 1 aromatic rings. The van der Waals surface area contributed by atoms with E-state index < -0.39 is 0 Å². The fraction of sp³-hybridized carbons (Fsp3) is 0.500. The number of hydrogen-bond donors (Lipinski definition) is 2. The summed E-state index contributed by atoms with van der Waals surface area (Å²) >= 11 is 14.0. The minimum atomic E-state index is 0.0324. The summed E-state index contributed by atoms with van der Waals surface area (Å²) in [6.07, 6.45) is 0. The smallest absolute Gasteiger partial charge is 0.0640 e. The Bertz CT molecular complexity index is 358. The Kier molecular flexibility index (Phi) is 6.67. The van der Waals surface area contributed by atoms with E-state index in [1.165, 1.54) is 0 Å². The molecule has 1 aromatic carbocycles. The highest BCUT2D eigenvalue weighted by Gasteiger charge is 2.15. The van der Waals surface area contributed by atoms with Crippen LogP contribution in [0.3, 0.4) is 0 Å². The molecule has 0 aromatic heterocycles. The van der Waals surface area contributed by atoms with Crippen molar-refractivity contribution in [2.24, 2.45) is 11.8 Å². The molecule has 0 aliphatic rings. The monoisotopic (exact) mass is 292 g/mol. The van der Waals surface area contributed by atoms with Gasteiger partial charge >= 0.3 is 0 Å². The Morgan fingerprint density at radius 1 is 1.29 bits per heavy atom. The molecule has 0 aliphatic carbocycles. The van der Waals surface area contributed by atoms with Gasteiger partial charge in [-0.15, -0.1) is 0 Å². The summed E-state index contributed by atoms with van der Waals surface area (Å²) in [6, 6.07) is 5.66. The Labute approximate surface area is 117 Å². The van der Waals surface area contributed by atoms with Crippen molar-refractivity contribution in [1.82, 2.24) is 5.43 Å². The number of nitrogens with one attached hydrogen (secondary N) is 1. The van der Waals surface area contributed by atoms with Crippen LogP contribution in [-0.2, 0) is 0 Å². The van der Waals surface area contributed by atoms with E-state index in [4.69, 9.17) is 29.0 Å². The minimum Gasteiger partial charge on any atom is -0.271 e. The van der Waals surface area contributed by atoms with Crippen molar-refractivity contribution in [3.63, 3.8) is 0 Å². The zero-order chi connectivity index (χ0) is 12.8. The second-order valence-electron chi connectivity index (χ2n) is 4.29. The van der Waals surface area contributed by atoms with Gasteiger partial charge < -0.3 is 0 Å². The minimum absolute atomic E-state index is 0.0324. The predicted octanol–water partition coefficient (Wildman–Crippen LogP) is 3.89. The maximum atomic E-state index is 6.17. The molecule has 0 amide bonds. The van der Waals surface area contributed by atoms with Crippen molar-refractivity contribution in [1.29, 1.82) is 0 Å². The molecule has 0 aliphatic heterocycles. The SMILES string of the molecule is CC(C)CSCC(NN)c1cccc(Cl)c1Cl. The average Bonchev–Trinajstić information content (AvgIpc) is 2.28. The maximum absolute atomic E-state index is 6.17. The van der Waals surface area contributed by atoms with Crippen LogP contribution in [0.25, 0.3) is 0 Å². The van der Waals surface area contributed by atoms with Crippen LogP contribution >= 0.6 is 35.0 Å². The highest BCUT2D eigenvalue weighted by Crippen LogP contribution is 2.31. The van der Waals surface area contributed by atoms with E-state index in [1.54, 1.807) is 6.07 Å². The van der Waals surface area contributed by atoms with Crippen molar-refractivity contribution >= 4 is 35.0 Å². The summed E-state index contributed by atoms with van der Waals surface area (Å²) in [5, 5.41) is 1.15. The van der Waals surface area contributed by atoms with E-state index >= 15 is 0 Å². The zero-order valence-corrected chi connectivity index (χ0v) is 12.4. The van der Waals surface area contributed by atoms with Gasteiger partial charge in [-0.2, -0.15) is 11.8 Å². The summed E-state index contributed by atoms with van der Waals surface area (Å²) in [5.41, 5.74) is 3.75. The molecule has 0 bridgehead atoms. The first-order valence-electron chi connectivity index (χ1n) is 5.54. The lowest BCUT2D eigenvalue weighted by Crippen LogP contribution is -2.30. The molecule has 1 unspecified atom stereocenters. The maximum Gasteiger partial charge on any atom is 0.0640 e. The summed E-state index contributed by atoms with van der Waals surface area (Å²) in [4.78, 5) is 0. The standard InChI is InChI=1S/C12H18Cl2N2S/c1-8(2)6-17-7-11(16-15)9-4-3-5-10(13)12(9)14/h3-5,8,11,16H,6-7,15H2,1-2H3. The lowest BCUT2D eigenvalue weighted by Gasteiger charge is -2.18. The van der Waals surface area contributed by atoms with Crippen LogP contribution in [0.5, 0.6) is 0 Å². The normalized spacial score (nSPS) is 13.1. The van der Waals surface area contributed by atoms with Crippen molar-refractivity contribution in [2.45, 2.75) is 19.9 Å². The van der Waals surface area contributed by atoms with E-state index in [1.807, 2.05) is 23.9 Å². The molecule has 0 radical (unpaired) electrons. The van der Waals surface area contributed by atoms with Gasteiger partial charge in [-0.05, 0) is 23.3 Å². The van der Waals surface area contributed by atoms with E-state index in [0.717, 1.165) is 17.1 Å². The molecular formula is C12H18Cl2N2S. The van der Waals surface area contributed by atoms with Crippen LogP contribution in [0.1, 0.15) is 25.5 Å². The number of rotatable bonds is 6. The van der Waals surface area contributed by atoms with Gasteiger partial charge in [0, 0.05) is 5.75 Å². The fourth-order valence-electron chi connectivity index (χ4n) is 1.44. The molecule has 96 valence electrons. The molecule has 0 saturated heterocycles. The molecule has 17 heavy (non-hydrogen) atoms. The number of nitrogens with two attached hydrogens (primary N) is 1. The van der Waals surface area contributed by atoms with Gasteiger partial charge in [0.15, 0.2) is 0 Å². The van der Waals surface area contributed by atoms with Crippen LogP contribution in [-0.4, -0.2) is 11.5 Å². The number of thioether (sulfide) groups is 1. The van der Waals surface area contributed by atoms with Crippen LogP contribution < -0.4 is 11.3 Å². The third-order valence-electron chi connectivity index (χ3n) is 2.29. The number of hydrogen-bond acceptors (Lipinski definition) is 3. The zero-order valence-electron chi connectivity index (χ0n) is 10.0. The quantitative estimate of drug-likeness (QED) is 0.617. The van der Waals surface area contributed by atoms with E-state index in [-0.39, 0.29) is 6.04 Å². The second-order valence-corrected chi connectivity index (χ2v) is 6.15. The largest absolute Gasteiger partial charge is 0.271 e. The summed E-state index contributed by atoms with van der Waals surface area (Å²) < 4.78 is 0. The lowest BCUT2D eigenvalue weighted by molar-refractivity contribution is 0.610. The molecular weight excluding hydrogens is 275 g/mol. The van der Waals surface area contributed by atoms with Gasteiger partial charge in [0.25, 0.3) is 0 Å². The average molecular weight is 293 g/mol. The highest BCUT2D eigenvalue weighted by molar-refractivity contribution is 7.99. The Morgan fingerprint density at radius 3 is 2.59 bits per heavy atom. The molecule has 1 rings (SSSR count). The Morgan fingerprint density at radius 2 is 2.00 bits per heavy atom. The molecule has 0 saturated carbocycles. The fourth-order valence-corrected chi connectivity index (χ4v) is 3.00. The topological polar surface area (TPSA) is 38.0 Å². The van der Waals surface area contributed by atoms with Crippen LogP contribution in [0.2, 0.25) is 10.0 Å². The summed E-state index contributed by atoms with van der Waals surface area (Å²) in [5.74, 6) is 8.24. The molecule has 3 N–H and O–H groups in total. The lowest BCUT2D eigenvalue weighted by atomic mass is 10.1. The van der Waals surface area contributed by atoms with E-state index in [0.29, 0.717) is 16.0 Å². The Balaban J connectivity index is 2.69. The van der Waals surface area contributed by atoms with Gasteiger partial charge in [0.2, 0.25) is 0 Å². The van der Waals surface area contributed by atoms with E-state index in [2.05, 4.69) is 19.3 Å². The number of halogens is 2. The van der Waals surface area contributed by atoms with Crippen molar-refractivity contribution in [2.75, 3.05) is 11.5 Å². The summed E-state index contributed by atoms with van der Waals surface area (Å²) in [6.45, 7) is 4.40. The molecule has 0 spiro atoms. The van der Waals surface area contributed by atoms with Crippen molar-refractivity contribution in [3.05, 3.63) is 33.8 Å². The molecule has 1 atom stereocenters. The van der Waals surface area contributed by atoms with Crippen LogP contribution in [0, 0.1) is 5.92 Å². The van der Waals surface area contributed by atoms with E-state index in [9.17, 15) is 0 Å². The number of benzene rings is 1. The van der Waals surface area contributed by atoms with Gasteiger partial charge in [-0.25, -0.2) is 0 Å². The van der Waals surface area contributed by atoms with Crippen LogP contribution in [0.4, 0.5) is 0 Å². The third kappa shape index (κ3) is 4.68. The predicted molar refractivity (Wildman–Crippen MR) is 78.7 cm³/mol. The Hall–Kier alpha value is 0.0700. The molecule has 0 heterocycles.